The molecule has 1 aliphatic rings. The average molecular weight is 1270 g/mol. The van der Waals surface area contributed by atoms with Crippen molar-refractivity contribution in [2.45, 2.75) is 18.9 Å². The zero-order chi connectivity index (χ0) is 63.8. The van der Waals surface area contributed by atoms with Crippen molar-refractivity contribution in [2.75, 3.05) is 237 Å². The molecular formula is C56H85F4N5O23. The lowest BCUT2D eigenvalue weighted by molar-refractivity contribution is -0.144. The minimum atomic E-state index is -1.81. The quantitative estimate of drug-likeness (QED) is 0.0211. The number of rotatable bonds is 51. The van der Waals surface area contributed by atoms with Gasteiger partial charge >= 0.3 is 23.9 Å². The van der Waals surface area contributed by atoms with Crippen molar-refractivity contribution >= 4 is 29.8 Å². The van der Waals surface area contributed by atoms with E-state index in [0.29, 0.717) is 143 Å². The summed E-state index contributed by atoms with van der Waals surface area (Å²) in [6, 6.07) is 5.98. The lowest BCUT2D eigenvalue weighted by Gasteiger charge is -2.35. The Labute approximate surface area is 508 Å². The zero-order valence-corrected chi connectivity index (χ0v) is 49.6. The van der Waals surface area contributed by atoms with Gasteiger partial charge in [0, 0.05) is 63.6 Å². The summed E-state index contributed by atoms with van der Waals surface area (Å²) in [5, 5.41) is 32.0. The molecule has 1 heterocycles. The van der Waals surface area contributed by atoms with Gasteiger partial charge in [0.2, 0.25) is 17.4 Å². The highest BCUT2D eigenvalue weighted by Gasteiger charge is 2.29. The molecule has 28 nitrogen and oxygen atoms in total. The molecule has 0 saturated carbocycles. The van der Waals surface area contributed by atoms with Crippen molar-refractivity contribution in [1.29, 1.82) is 0 Å². The molecule has 1 aliphatic heterocycles. The lowest BCUT2D eigenvalue weighted by Crippen LogP contribution is -2.52. The first-order valence-electron chi connectivity index (χ1n) is 28.8. The molecule has 0 spiro atoms. The van der Waals surface area contributed by atoms with Crippen molar-refractivity contribution in [3.63, 3.8) is 0 Å². The second-order valence-corrected chi connectivity index (χ2v) is 19.1. The van der Waals surface area contributed by atoms with Crippen LogP contribution in [-0.2, 0) is 87.2 Å². The maximum absolute atomic E-state index is 13.6. The van der Waals surface area contributed by atoms with Gasteiger partial charge < -0.3 is 81.6 Å². The minimum absolute atomic E-state index is 0.00931. The molecular weight excluding hydrogens is 1190 g/mol. The molecule has 88 heavy (non-hydrogen) atoms. The monoisotopic (exact) mass is 1270 g/mol. The first-order chi connectivity index (χ1) is 42.7. The summed E-state index contributed by atoms with van der Waals surface area (Å²) in [5.74, 6) is -13.2. The van der Waals surface area contributed by atoms with Crippen LogP contribution in [0.5, 0.6) is 11.5 Å². The Morgan fingerprint density at radius 1 is 0.443 bits per heavy atom. The van der Waals surface area contributed by atoms with E-state index in [-0.39, 0.29) is 118 Å². The van der Waals surface area contributed by atoms with Crippen LogP contribution in [0.3, 0.4) is 0 Å². The average Bonchev–Trinajstić information content (AvgIpc) is 1.62. The van der Waals surface area contributed by atoms with Crippen LogP contribution in [0.15, 0.2) is 35.5 Å². The summed E-state index contributed by atoms with van der Waals surface area (Å²) < 4.78 is 129. The van der Waals surface area contributed by atoms with Crippen LogP contribution in [0, 0.1) is 28.2 Å². The fourth-order valence-corrected chi connectivity index (χ4v) is 7.96. The highest BCUT2D eigenvalue weighted by molar-refractivity contribution is 5.78. The molecule has 1 saturated heterocycles. The van der Waals surface area contributed by atoms with Gasteiger partial charge in [0.1, 0.15) is 18.4 Å². The van der Waals surface area contributed by atoms with Gasteiger partial charge in [0.05, 0.1) is 185 Å². The molecule has 1 fully saturated rings. The van der Waals surface area contributed by atoms with Crippen LogP contribution < -0.4 is 9.47 Å². The van der Waals surface area contributed by atoms with E-state index >= 15 is 0 Å². The van der Waals surface area contributed by atoms with Gasteiger partial charge in [-0.25, -0.2) is 8.78 Å². The second kappa shape index (κ2) is 49.3. The van der Waals surface area contributed by atoms with E-state index in [1.54, 1.807) is 43.9 Å². The van der Waals surface area contributed by atoms with E-state index in [9.17, 15) is 61.8 Å². The van der Waals surface area contributed by atoms with Crippen LogP contribution in [-0.4, -0.2) is 308 Å². The van der Waals surface area contributed by atoms with E-state index in [1.165, 1.54) is 0 Å². The maximum Gasteiger partial charge on any atom is 0.321 e. The van der Waals surface area contributed by atoms with Crippen molar-refractivity contribution in [2.24, 2.45) is 5.18 Å². The Morgan fingerprint density at radius 3 is 1.09 bits per heavy atom. The van der Waals surface area contributed by atoms with Gasteiger partial charge in [-0.15, -0.1) is 4.91 Å². The SMILES string of the molecule is O=NC(=O)CN1CCN(CC(=O)O)CCN(C(Cc2ccc(OCCOCCOCCOCCOCCOCCOCCOCCOCCOCCOCCOCCOCCC(=O)Oc3c(F)c(F)cc(F)c3F)cc2)C(=O)O)CCN(CC(=O)O)CC1. The van der Waals surface area contributed by atoms with Gasteiger partial charge in [-0.2, -0.15) is 8.78 Å². The molecule has 0 aliphatic carbocycles. The van der Waals surface area contributed by atoms with Gasteiger partial charge in [-0.3, -0.25) is 43.6 Å². The number of carboxylic acid groups (broad SMARTS) is 3. The number of halogens is 4. The third-order valence-electron chi connectivity index (χ3n) is 12.5. The van der Waals surface area contributed by atoms with E-state index in [2.05, 4.69) is 9.91 Å². The van der Waals surface area contributed by atoms with Crippen molar-refractivity contribution in [1.82, 2.24) is 19.6 Å². The summed E-state index contributed by atoms with van der Waals surface area (Å²) >= 11 is 0. The number of carboxylic acids is 3. The summed E-state index contributed by atoms with van der Waals surface area (Å²) in [6.45, 7) is 8.83. The number of nitroso groups, excluding NO2 is 1. The minimum Gasteiger partial charge on any atom is -0.491 e. The number of ether oxygens (including phenoxy) is 14. The number of nitrogens with zero attached hydrogens (tertiary/aromatic N) is 5. The Balaban J connectivity index is 1.06. The third-order valence-corrected chi connectivity index (χ3v) is 12.5. The van der Waals surface area contributed by atoms with Gasteiger partial charge in [0.25, 0.3) is 5.91 Å². The van der Waals surface area contributed by atoms with Crippen LogP contribution in [0.4, 0.5) is 17.6 Å². The first-order valence-corrected chi connectivity index (χ1v) is 28.8. The Morgan fingerprint density at radius 2 is 0.761 bits per heavy atom. The van der Waals surface area contributed by atoms with Crippen LogP contribution in [0.2, 0.25) is 0 Å². The molecule has 3 N–H and O–H groups in total. The molecule has 1 amide bonds. The predicted octanol–water partition coefficient (Wildman–Crippen LogP) is 1.50. The summed E-state index contributed by atoms with van der Waals surface area (Å²) in [7, 11) is 0. The molecule has 0 bridgehead atoms. The highest BCUT2D eigenvalue weighted by atomic mass is 19.2. The topological polar surface area (TPSA) is 318 Å². The lowest BCUT2D eigenvalue weighted by atomic mass is 10.0. The molecule has 1 atom stereocenters. The number of amides is 1. The number of benzene rings is 2. The Kier molecular flexibility index (Phi) is 43.0. The number of esters is 1. The van der Waals surface area contributed by atoms with Gasteiger partial charge in [-0.05, 0) is 24.1 Å². The number of hydrogen-bond donors (Lipinski definition) is 3. The van der Waals surface area contributed by atoms with Crippen molar-refractivity contribution in [3.8, 4) is 11.5 Å². The number of carbonyl (C=O) groups excluding carboxylic acids is 2. The Hall–Kier alpha value is -5.53. The molecule has 500 valence electrons. The molecule has 1 unspecified atom stereocenters. The fourth-order valence-electron chi connectivity index (χ4n) is 7.96. The maximum atomic E-state index is 13.6. The third kappa shape index (κ3) is 37.5. The molecule has 2 aromatic rings. The summed E-state index contributed by atoms with van der Waals surface area (Å²) in [6.07, 6.45) is -0.303. The number of aliphatic carboxylic acids is 3. The molecule has 3 rings (SSSR count). The van der Waals surface area contributed by atoms with Crippen molar-refractivity contribution < 1.29 is 123 Å². The van der Waals surface area contributed by atoms with Crippen LogP contribution in [0.25, 0.3) is 0 Å². The smallest absolute Gasteiger partial charge is 0.321 e. The van der Waals surface area contributed by atoms with E-state index in [4.69, 9.17) is 61.6 Å². The van der Waals surface area contributed by atoms with E-state index in [0.717, 1.165) is 0 Å². The fraction of sp³-hybridized carbons (Fsp3) is 0.696. The van der Waals surface area contributed by atoms with Crippen molar-refractivity contribution in [3.05, 3.63) is 64.1 Å². The zero-order valence-electron chi connectivity index (χ0n) is 49.6. The normalized spacial score (nSPS) is 14.5. The summed E-state index contributed by atoms with van der Waals surface area (Å²) in [4.78, 5) is 77.1. The van der Waals surface area contributed by atoms with Crippen LogP contribution >= 0.6 is 0 Å². The molecule has 32 heteroatoms. The molecule has 0 radical (unpaired) electrons. The second-order valence-electron chi connectivity index (χ2n) is 19.1. The van der Waals surface area contributed by atoms with Gasteiger partial charge in [-0.1, -0.05) is 12.1 Å². The number of hydrogen-bond acceptors (Lipinski definition) is 24. The van der Waals surface area contributed by atoms with E-state index < -0.39 is 71.3 Å². The largest absolute Gasteiger partial charge is 0.491 e. The highest BCUT2D eigenvalue weighted by Crippen LogP contribution is 2.27. The molecule has 0 aromatic heterocycles. The van der Waals surface area contributed by atoms with E-state index in [1.807, 2.05) is 0 Å². The number of carbonyl (C=O) groups is 5. The standard InChI is InChI=1S/C56H85F4N5O23/c57-46-40-47(58)54(60)55(53(46)59)88-52(71)5-14-75-15-16-76-17-18-77-19-20-78-21-22-79-23-24-80-25-26-81-27-28-82-29-30-83-31-32-84-33-34-85-35-36-86-37-38-87-45-3-1-44(2-4-45)39-48(56(72)73)65-12-10-63(42-50(67)68)8-6-62(41-49(66)61-74)7-9-64(11-13-65)43-51(69)70/h1-4,40,48H,5-39,41-43H2,(H,67,68)(H,69,70)(H,72,73). The molecule has 2 aromatic carbocycles. The predicted molar refractivity (Wildman–Crippen MR) is 300 cm³/mol. The van der Waals surface area contributed by atoms with Gasteiger partial charge in [0.15, 0.2) is 11.6 Å². The Bertz CT molecular complexity index is 2200. The van der Waals surface area contributed by atoms with Crippen LogP contribution in [0.1, 0.15) is 12.0 Å². The first kappa shape index (κ1) is 76.7. The summed E-state index contributed by atoms with van der Waals surface area (Å²) in [5.41, 5.74) is 0.712.